The van der Waals surface area contributed by atoms with E-state index in [1.807, 2.05) is 17.0 Å². The van der Waals surface area contributed by atoms with E-state index < -0.39 is 0 Å². The van der Waals surface area contributed by atoms with Crippen LogP contribution in [0.25, 0.3) is 10.1 Å². The van der Waals surface area contributed by atoms with Crippen molar-refractivity contribution in [2.75, 3.05) is 19.6 Å². The van der Waals surface area contributed by atoms with Crippen molar-refractivity contribution < 1.29 is 9.59 Å². The maximum absolute atomic E-state index is 12.8. The number of amides is 2. The first-order valence-electron chi connectivity index (χ1n) is 11.7. The van der Waals surface area contributed by atoms with Crippen molar-refractivity contribution in [1.82, 2.24) is 15.2 Å². The molecule has 0 aromatic carbocycles. The second kappa shape index (κ2) is 11.2. The number of piperidine rings is 1. The van der Waals surface area contributed by atoms with E-state index in [0.29, 0.717) is 18.9 Å². The largest absolute Gasteiger partial charge is 0.351 e. The molecular weight excluding hydrogens is 465 g/mol. The highest BCUT2D eigenvalue weighted by molar-refractivity contribution is 7.20. The zero-order valence-corrected chi connectivity index (χ0v) is 20.6. The Bertz CT molecular complexity index is 896. The quantitative estimate of drug-likeness (QED) is 0.410. The Labute approximate surface area is 203 Å². The van der Waals surface area contributed by atoms with Crippen molar-refractivity contribution in [2.45, 2.75) is 62.1 Å². The first-order chi connectivity index (χ1) is 15.5. The number of rotatable bonds is 7. The van der Waals surface area contributed by atoms with Crippen LogP contribution in [-0.4, -0.2) is 52.1 Å². The lowest BCUT2D eigenvalue weighted by molar-refractivity contribution is -0.137. The van der Waals surface area contributed by atoms with Crippen LogP contribution in [0.15, 0.2) is 24.5 Å². The molecule has 8 heteroatoms. The molecule has 32 heavy (non-hydrogen) atoms. The normalized spacial score (nSPS) is 24.6. The summed E-state index contributed by atoms with van der Waals surface area (Å²) in [6, 6.07) is 3.86. The van der Waals surface area contributed by atoms with Gasteiger partial charge in [-0.15, -0.1) is 34.5 Å². The lowest BCUT2D eigenvalue weighted by Crippen LogP contribution is -2.44. The number of nitrogens with one attached hydrogen (secondary N) is 1. The average Bonchev–Trinajstić information content (AvgIpc) is 3.25. The van der Waals surface area contributed by atoms with Gasteiger partial charge in [0.2, 0.25) is 5.91 Å². The maximum atomic E-state index is 12.8. The Morgan fingerprint density at radius 1 is 1.12 bits per heavy atom. The minimum absolute atomic E-state index is 0.000376. The number of unbranched alkanes of at least 4 members (excludes halogenated alkanes) is 1. The number of pyridine rings is 1. The van der Waals surface area contributed by atoms with Gasteiger partial charge >= 0.3 is 0 Å². The molecule has 1 aliphatic carbocycles. The topological polar surface area (TPSA) is 62.3 Å². The second-order valence-corrected chi connectivity index (χ2v) is 11.3. The van der Waals surface area contributed by atoms with E-state index in [1.165, 1.54) is 11.3 Å². The zero-order chi connectivity index (χ0) is 22.5. The van der Waals surface area contributed by atoms with Gasteiger partial charge in [-0.1, -0.05) is 12.8 Å². The Morgan fingerprint density at radius 3 is 2.69 bits per heavy atom. The molecule has 2 aliphatic rings. The van der Waals surface area contributed by atoms with E-state index in [1.54, 1.807) is 12.4 Å². The lowest BCUT2D eigenvalue weighted by atomic mass is 9.86. The Balaban J connectivity index is 1.11. The predicted molar refractivity (Wildman–Crippen MR) is 132 cm³/mol. The zero-order valence-electron chi connectivity index (χ0n) is 18.3. The summed E-state index contributed by atoms with van der Waals surface area (Å²) in [5, 5.41) is 4.01. The summed E-state index contributed by atoms with van der Waals surface area (Å²) in [6.45, 7) is 2.41. The van der Waals surface area contributed by atoms with Crippen molar-refractivity contribution in [2.24, 2.45) is 11.8 Å². The van der Waals surface area contributed by atoms with Crippen molar-refractivity contribution in [3.05, 3.63) is 29.4 Å². The van der Waals surface area contributed by atoms with Crippen molar-refractivity contribution >= 4 is 56.4 Å². The van der Waals surface area contributed by atoms with Gasteiger partial charge in [-0.3, -0.25) is 14.6 Å². The molecule has 3 atom stereocenters. The molecule has 3 heterocycles. The van der Waals surface area contributed by atoms with Gasteiger partial charge in [-0.2, -0.15) is 0 Å². The number of fused-ring (bicyclic) bond motifs is 1. The molecule has 2 aromatic rings. The Kier molecular flexibility index (Phi) is 8.30. The minimum atomic E-state index is -0.0896. The number of hydrogen-bond acceptors (Lipinski definition) is 4. The molecule has 2 aromatic heterocycles. The molecule has 2 fully saturated rings. The predicted octanol–water partition coefficient (Wildman–Crippen LogP) is 5.45. The molecule has 2 amide bonds. The van der Waals surface area contributed by atoms with E-state index in [2.05, 4.69) is 10.3 Å². The molecule has 3 unspecified atom stereocenters. The lowest BCUT2D eigenvalue weighted by Gasteiger charge is -2.36. The van der Waals surface area contributed by atoms with Gasteiger partial charge in [0, 0.05) is 43.3 Å². The summed E-state index contributed by atoms with van der Waals surface area (Å²) in [6.07, 6.45) is 11.3. The summed E-state index contributed by atoms with van der Waals surface area (Å²) < 4.78 is 1.04. The van der Waals surface area contributed by atoms with Crippen molar-refractivity contribution in [1.29, 1.82) is 0 Å². The van der Waals surface area contributed by atoms with Crippen LogP contribution in [0, 0.1) is 11.8 Å². The third-order valence-electron chi connectivity index (χ3n) is 6.84. The first-order valence-corrected chi connectivity index (χ1v) is 13.4. The van der Waals surface area contributed by atoms with Gasteiger partial charge in [0.1, 0.15) is 0 Å². The van der Waals surface area contributed by atoms with E-state index in [4.69, 9.17) is 23.2 Å². The Morgan fingerprint density at radius 2 is 1.94 bits per heavy atom. The molecule has 0 spiro atoms. The highest BCUT2D eigenvalue weighted by Gasteiger charge is 2.35. The number of carbonyl (C=O) groups excluding carboxylic acids is 2. The first kappa shape index (κ1) is 23.8. The maximum Gasteiger partial charge on any atom is 0.261 e. The molecule has 1 aliphatic heterocycles. The van der Waals surface area contributed by atoms with Gasteiger partial charge in [0.15, 0.2) is 0 Å². The fourth-order valence-corrected chi connectivity index (χ4v) is 6.36. The summed E-state index contributed by atoms with van der Waals surface area (Å²) >= 11 is 14.0. The van der Waals surface area contributed by atoms with Crippen molar-refractivity contribution in [3.8, 4) is 0 Å². The number of alkyl halides is 2. The molecule has 174 valence electrons. The molecule has 5 nitrogen and oxygen atoms in total. The molecule has 1 saturated carbocycles. The number of thiophene rings is 1. The van der Waals surface area contributed by atoms with E-state index >= 15 is 0 Å². The van der Waals surface area contributed by atoms with Crippen LogP contribution in [0.2, 0.25) is 0 Å². The fourth-order valence-electron chi connectivity index (χ4n) is 4.85. The van der Waals surface area contributed by atoms with Gasteiger partial charge in [0.05, 0.1) is 15.0 Å². The van der Waals surface area contributed by atoms with Crippen LogP contribution in [-0.2, 0) is 4.79 Å². The van der Waals surface area contributed by atoms with Crippen LogP contribution in [0.5, 0.6) is 0 Å². The monoisotopic (exact) mass is 495 g/mol. The second-order valence-electron chi connectivity index (χ2n) is 9.09. The highest BCUT2D eigenvalue weighted by Crippen LogP contribution is 2.34. The fraction of sp³-hybridized carbons (Fsp3) is 0.625. The van der Waals surface area contributed by atoms with Crippen LogP contribution in [0.1, 0.15) is 61.0 Å². The molecule has 1 saturated heterocycles. The van der Waals surface area contributed by atoms with Crippen LogP contribution in [0.3, 0.4) is 0 Å². The molecule has 4 rings (SSSR count). The van der Waals surface area contributed by atoms with Gasteiger partial charge in [-0.25, -0.2) is 0 Å². The molecule has 0 radical (unpaired) electrons. The number of halogens is 2. The number of aromatic nitrogens is 1. The van der Waals surface area contributed by atoms with Gasteiger partial charge < -0.3 is 10.2 Å². The summed E-state index contributed by atoms with van der Waals surface area (Å²) in [5.41, 5.74) is 0. The van der Waals surface area contributed by atoms with E-state index in [0.717, 1.165) is 73.0 Å². The smallest absolute Gasteiger partial charge is 0.261 e. The summed E-state index contributed by atoms with van der Waals surface area (Å²) in [4.78, 5) is 32.1. The van der Waals surface area contributed by atoms with E-state index in [-0.39, 0.29) is 28.5 Å². The van der Waals surface area contributed by atoms with Crippen LogP contribution in [0.4, 0.5) is 0 Å². The summed E-state index contributed by atoms with van der Waals surface area (Å²) in [7, 11) is 0. The average molecular weight is 497 g/mol. The molecule has 1 N–H and O–H groups in total. The van der Waals surface area contributed by atoms with Crippen LogP contribution < -0.4 is 5.32 Å². The van der Waals surface area contributed by atoms with Crippen LogP contribution >= 0.6 is 34.5 Å². The minimum Gasteiger partial charge on any atom is -0.351 e. The van der Waals surface area contributed by atoms with Crippen molar-refractivity contribution in [3.63, 3.8) is 0 Å². The van der Waals surface area contributed by atoms with Gasteiger partial charge in [0.25, 0.3) is 5.91 Å². The third-order valence-corrected chi connectivity index (χ3v) is 9.06. The van der Waals surface area contributed by atoms with Gasteiger partial charge in [-0.05, 0) is 62.0 Å². The molecule has 0 bridgehead atoms. The summed E-state index contributed by atoms with van der Waals surface area (Å²) in [5.74, 6) is 0.992. The molecular formula is C24H31Cl2N3O2S. The SMILES string of the molecule is O=C(NCCCCC1CCN(C(=O)C2CCC(Cl)C(Cl)C2)CC1)c1cc2ccncc2s1. The standard InChI is InChI=1S/C24H31Cl2N3O2S/c25-19-5-4-18(13-20(19)26)24(31)29-11-7-16(8-12-29)3-1-2-9-28-23(30)21-14-17-6-10-27-15-22(17)32-21/h6,10,14-16,18-20H,1-5,7-9,11-13H2,(H,28,30). The third kappa shape index (κ3) is 5.95. The number of nitrogens with zero attached hydrogens (tertiary/aromatic N) is 2. The number of likely N-dealkylation sites (tertiary alicyclic amines) is 1. The highest BCUT2D eigenvalue weighted by atomic mass is 35.5. The van der Waals surface area contributed by atoms with E-state index in [9.17, 15) is 9.59 Å². The number of carbonyl (C=O) groups is 2. The number of hydrogen-bond donors (Lipinski definition) is 1. The Hall–Kier alpha value is -1.37.